The Morgan fingerprint density at radius 1 is 0.600 bits per heavy atom. The van der Waals surface area contributed by atoms with Gasteiger partial charge in [-0.05, 0) is 60.2 Å². The second-order valence-corrected chi connectivity index (χ2v) is 8.50. The maximum absolute atomic E-state index is 12.9. The van der Waals surface area contributed by atoms with E-state index >= 15 is 0 Å². The molecule has 3 aromatic carbocycles. The van der Waals surface area contributed by atoms with E-state index in [2.05, 4.69) is 0 Å². The average molecular weight is 442 g/mol. The van der Waals surface area contributed by atoms with Gasteiger partial charge in [0.15, 0.2) is 0 Å². The molecule has 0 aliphatic heterocycles. The maximum Gasteiger partial charge on any atom is 0.416 e. The van der Waals surface area contributed by atoms with Gasteiger partial charge in [0.25, 0.3) is 0 Å². The molecule has 0 saturated heterocycles. The fourth-order valence-electron chi connectivity index (χ4n) is 2.80. The van der Waals surface area contributed by atoms with Crippen LogP contribution >= 0.6 is 7.92 Å². The minimum Gasteiger partial charge on any atom is -0.478 e. The van der Waals surface area contributed by atoms with Crippen molar-refractivity contribution in [3.8, 4) is 0 Å². The van der Waals surface area contributed by atoms with Crippen LogP contribution in [0.4, 0.5) is 26.3 Å². The van der Waals surface area contributed by atoms with Gasteiger partial charge in [0.05, 0.1) is 16.7 Å². The van der Waals surface area contributed by atoms with Crippen molar-refractivity contribution < 1.29 is 36.2 Å². The maximum atomic E-state index is 12.9. The van der Waals surface area contributed by atoms with Gasteiger partial charge in [-0.25, -0.2) is 4.79 Å². The molecule has 0 aliphatic rings. The summed E-state index contributed by atoms with van der Waals surface area (Å²) in [7, 11) is -1.50. The third-order valence-corrected chi connectivity index (χ3v) is 6.72. The predicted molar refractivity (Wildman–Crippen MR) is 102 cm³/mol. The molecule has 9 heteroatoms. The number of aromatic carboxylic acids is 1. The summed E-state index contributed by atoms with van der Waals surface area (Å²) < 4.78 is 77.3. The number of carbonyl (C=O) groups is 1. The quantitative estimate of drug-likeness (QED) is 0.447. The van der Waals surface area contributed by atoms with E-state index in [1.807, 2.05) is 0 Å². The van der Waals surface area contributed by atoms with E-state index < -0.39 is 37.4 Å². The van der Waals surface area contributed by atoms with Crippen LogP contribution in [0.3, 0.4) is 0 Å². The summed E-state index contributed by atoms with van der Waals surface area (Å²) in [6.45, 7) is 0. The van der Waals surface area contributed by atoms with Gasteiger partial charge in [0, 0.05) is 0 Å². The molecule has 0 amide bonds. The highest BCUT2D eigenvalue weighted by Gasteiger charge is 2.32. The van der Waals surface area contributed by atoms with Crippen molar-refractivity contribution >= 4 is 29.8 Å². The minimum absolute atomic E-state index is 0.0218. The highest BCUT2D eigenvalue weighted by molar-refractivity contribution is 7.79. The van der Waals surface area contributed by atoms with Crippen LogP contribution in [0.25, 0.3) is 0 Å². The van der Waals surface area contributed by atoms with E-state index in [4.69, 9.17) is 5.11 Å². The summed E-state index contributed by atoms with van der Waals surface area (Å²) in [4.78, 5) is 11.1. The molecule has 30 heavy (non-hydrogen) atoms. The highest BCUT2D eigenvalue weighted by atomic mass is 31.1. The smallest absolute Gasteiger partial charge is 0.416 e. The zero-order valence-electron chi connectivity index (χ0n) is 15.0. The van der Waals surface area contributed by atoms with Crippen molar-refractivity contribution in [1.82, 2.24) is 0 Å². The lowest BCUT2D eigenvalue weighted by molar-refractivity contribution is -0.138. The predicted octanol–water partition coefficient (Wildman–Crippen LogP) is 5.18. The van der Waals surface area contributed by atoms with E-state index in [0.29, 0.717) is 15.9 Å². The van der Waals surface area contributed by atoms with Gasteiger partial charge in [-0.15, -0.1) is 0 Å². The van der Waals surface area contributed by atoms with Gasteiger partial charge in [0.2, 0.25) is 0 Å². The summed E-state index contributed by atoms with van der Waals surface area (Å²) in [5, 5.41) is 10.6. The zero-order valence-corrected chi connectivity index (χ0v) is 15.9. The largest absolute Gasteiger partial charge is 0.478 e. The molecule has 0 atom stereocenters. The summed E-state index contributed by atoms with van der Waals surface area (Å²) in [6.07, 6.45) is -9.03. The highest BCUT2D eigenvalue weighted by Crippen LogP contribution is 2.36. The fourth-order valence-corrected chi connectivity index (χ4v) is 5.04. The minimum atomic E-state index is -4.52. The molecule has 3 rings (SSSR count). The van der Waals surface area contributed by atoms with Crippen molar-refractivity contribution in [2.75, 3.05) is 0 Å². The van der Waals surface area contributed by atoms with Crippen LogP contribution < -0.4 is 15.9 Å². The number of carboxylic acids is 1. The van der Waals surface area contributed by atoms with E-state index in [9.17, 15) is 31.1 Å². The average Bonchev–Trinajstić information content (AvgIpc) is 2.68. The first-order chi connectivity index (χ1) is 14.0. The third kappa shape index (κ3) is 4.82. The van der Waals surface area contributed by atoms with Crippen molar-refractivity contribution in [2.24, 2.45) is 0 Å². The summed E-state index contributed by atoms with van der Waals surface area (Å²) in [5.74, 6) is -1.14. The lowest BCUT2D eigenvalue weighted by atomic mass is 10.2. The SMILES string of the molecule is O=C(O)c1ccc(P(c2ccc(C(F)(F)F)cc2)c2ccc(C(F)(F)F)cc2)cc1. The van der Waals surface area contributed by atoms with Gasteiger partial charge in [-0.2, -0.15) is 26.3 Å². The van der Waals surface area contributed by atoms with Gasteiger partial charge in [0.1, 0.15) is 0 Å². The van der Waals surface area contributed by atoms with Crippen molar-refractivity contribution in [2.45, 2.75) is 12.4 Å². The summed E-state index contributed by atoms with van der Waals surface area (Å²) in [6, 6.07) is 14.6. The van der Waals surface area contributed by atoms with Gasteiger partial charge in [-0.3, -0.25) is 0 Å². The van der Waals surface area contributed by atoms with Crippen molar-refractivity contribution in [3.05, 3.63) is 89.5 Å². The van der Waals surface area contributed by atoms with Gasteiger partial charge < -0.3 is 5.11 Å². The Bertz CT molecular complexity index is 966. The topological polar surface area (TPSA) is 37.3 Å². The van der Waals surface area contributed by atoms with E-state index in [0.717, 1.165) is 24.3 Å². The summed E-state index contributed by atoms with van der Waals surface area (Å²) in [5.41, 5.74) is -1.65. The van der Waals surface area contributed by atoms with Crippen LogP contribution in [0.5, 0.6) is 0 Å². The fraction of sp³-hybridized carbons (Fsp3) is 0.0952. The number of carboxylic acid groups (broad SMARTS) is 1. The Labute approximate surface area is 168 Å². The van der Waals surface area contributed by atoms with Crippen LogP contribution in [0, 0.1) is 0 Å². The Morgan fingerprint density at radius 3 is 1.17 bits per heavy atom. The van der Waals surface area contributed by atoms with Crippen molar-refractivity contribution in [1.29, 1.82) is 0 Å². The number of hydrogen-bond acceptors (Lipinski definition) is 1. The number of alkyl halides is 6. The molecule has 0 aliphatic carbocycles. The Hall–Kier alpha value is -2.86. The number of halogens is 6. The van der Waals surface area contributed by atoms with Crippen LogP contribution in [0.2, 0.25) is 0 Å². The van der Waals surface area contributed by atoms with Gasteiger partial charge in [-0.1, -0.05) is 36.4 Å². The van der Waals surface area contributed by atoms with E-state index in [1.165, 1.54) is 48.5 Å². The zero-order chi connectivity index (χ0) is 22.1. The molecule has 0 unspecified atom stereocenters. The number of hydrogen-bond donors (Lipinski definition) is 1. The van der Waals surface area contributed by atoms with Crippen molar-refractivity contribution in [3.63, 3.8) is 0 Å². The molecule has 1 N–H and O–H groups in total. The molecule has 0 spiro atoms. The molecule has 156 valence electrons. The first-order valence-electron chi connectivity index (χ1n) is 8.45. The van der Waals surface area contributed by atoms with E-state index in [1.54, 1.807) is 0 Å². The first kappa shape index (κ1) is 21.8. The number of benzene rings is 3. The molecule has 0 aromatic heterocycles. The second-order valence-electron chi connectivity index (χ2n) is 6.28. The molecular weight excluding hydrogens is 429 g/mol. The van der Waals surface area contributed by atoms with Gasteiger partial charge >= 0.3 is 18.3 Å². The Balaban J connectivity index is 2.08. The molecule has 3 aromatic rings. The van der Waals surface area contributed by atoms with Crippen LogP contribution in [-0.4, -0.2) is 11.1 Å². The van der Waals surface area contributed by atoms with Crippen LogP contribution in [0.1, 0.15) is 21.5 Å². The molecule has 0 saturated carbocycles. The van der Waals surface area contributed by atoms with E-state index in [-0.39, 0.29) is 5.56 Å². The monoisotopic (exact) mass is 442 g/mol. The Kier molecular flexibility index (Phi) is 5.90. The van der Waals surface area contributed by atoms with Crippen LogP contribution in [0.15, 0.2) is 72.8 Å². The molecule has 0 bridgehead atoms. The second kappa shape index (κ2) is 8.11. The standard InChI is InChI=1S/C21H13F6O2P/c22-20(23,24)14-3-9-17(10-4-14)30(16-7-1-13(2-8-16)19(28)29)18-11-5-15(6-12-18)21(25,26)27/h1-12H,(H,28,29). The lowest BCUT2D eigenvalue weighted by Crippen LogP contribution is -2.22. The molecular formula is C21H13F6O2P. The summed E-state index contributed by atoms with van der Waals surface area (Å²) >= 11 is 0. The third-order valence-electron chi connectivity index (χ3n) is 4.28. The Morgan fingerprint density at radius 2 is 0.900 bits per heavy atom. The molecule has 2 nitrogen and oxygen atoms in total. The molecule has 0 fully saturated rings. The van der Waals surface area contributed by atoms with Crippen LogP contribution in [-0.2, 0) is 12.4 Å². The molecule has 0 heterocycles. The number of rotatable bonds is 4. The lowest BCUT2D eigenvalue weighted by Gasteiger charge is -2.20. The molecule has 0 radical (unpaired) electrons. The first-order valence-corrected chi connectivity index (χ1v) is 9.79. The normalized spacial score (nSPS) is 12.2.